The third-order valence-electron chi connectivity index (χ3n) is 5.87. The van der Waals surface area contributed by atoms with E-state index in [2.05, 4.69) is 6.58 Å². The molecule has 1 fully saturated rings. The lowest BCUT2D eigenvalue weighted by Gasteiger charge is -2.37. The van der Waals surface area contributed by atoms with Gasteiger partial charge < -0.3 is 24.8 Å². The van der Waals surface area contributed by atoms with Crippen molar-refractivity contribution in [1.82, 2.24) is 0 Å². The van der Waals surface area contributed by atoms with E-state index >= 15 is 0 Å². The van der Waals surface area contributed by atoms with Crippen molar-refractivity contribution in [3.05, 3.63) is 12.7 Å². The number of ether oxygens (including phenoxy) is 2. The molecule has 0 unspecified atom stereocenters. The van der Waals surface area contributed by atoms with Crippen LogP contribution in [0.5, 0.6) is 0 Å². The van der Waals surface area contributed by atoms with Gasteiger partial charge in [0.2, 0.25) is 0 Å². The Kier molecular flexibility index (Phi) is 16.8. The molecule has 1 aliphatic heterocycles. The third kappa shape index (κ3) is 12.7. The Bertz CT molecular complexity index is 374. The summed E-state index contributed by atoms with van der Waals surface area (Å²) in [5.74, 6) is 0. The van der Waals surface area contributed by atoms with Gasteiger partial charge >= 0.3 is 0 Å². The van der Waals surface area contributed by atoms with Crippen molar-refractivity contribution in [1.29, 1.82) is 0 Å². The normalized spacial score (nSPS) is 24.7. The Morgan fingerprint density at radius 3 is 1.76 bits per heavy atom. The molecule has 0 bridgehead atoms. The maximum Gasteiger partial charge on any atom is 0.114 e. The fourth-order valence-corrected chi connectivity index (χ4v) is 3.95. The quantitative estimate of drug-likeness (QED) is 0.214. The molecular weight excluding hydrogens is 368 g/mol. The maximum absolute atomic E-state index is 10.0. The minimum absolute atomic E-state index is 0.0440. The average Bonchev–Trinajstić information content (AvgIpc) is 2.73. The highest BCUT2D eigenvalue weighted by atomic mass is 16.6. The Labute approximate surface area is 178 Å². The minimum Gasteiger partial charge on any atom is -0.394 e. The first-order valence-corrected chi connectivity index (χ1v) is 12.0. The van der Waals surface area contributed by atoms with Crippen molar-refractivity contribution in [3.63, 3.8) is 0 Å². The molecule has 0 aromatic rings. The molecule has 0 aromatic carbocycles. The molecule has 5 nitrogen and oxygen atoms in total. The molecule has 0 amide bonds. The Morgan fingerprint density at radius 2 is 1.28 bits per heavy atom. The number of unbranched alkanes of at least 4 members (excludes halogenated alkanes) is 14. The van der Waals surface area contributed by atoms with Gasteiger partial charge in [0, 0.05) is 6.61 Å². The summed E-state index contributed by atoms with van der Waals surface area (Å²) in [6.45, 7) is 4.13. The van der Waals surface area contributed by atoms with E-state index in [1.54, 1.807) is 0 Å². The van der Waals surface area contributed by atoms with Crippen molar-refractivity contribution < 1.29 is 24.8 Å². The molecule has 0 aromatic heterocycles. The van der Waals surface area contributed by atoms with Gasteiger partial charge in [0.05, 0.1) is 13.2 Å². The molecule has 0 spiro atoms. The van der Waals surface area contributed by atoms with E-state index < -0.39 is 24.4 Å². The topological polar surface area (TPSA) is 79.2 Å². The molecule has 3 N–H and O–H groups in total. The largest absolute Gasteiger partial charge is 0.394 e. The molecule has 1 aliphatic rings. The first kappa shape index (κ1) is 26.6. The number of hydrogen-bond donors (Lipinski definition) is 3. The zero-order valence-electron chi connectivity index (χ0n) is 18.5. The Balaban J connectivity index is 1.84. The van der Waals surface area contributed by atoms with Crippen LogP contribution in [-0.2, 0) is 9.47 Å². The van der Waals surface area contributed by atoms with E-state index in [0.29, 0.717) is 6.61 Å². The fraction of sp³-hybridized carbons (Fsp3) is 0.917. The zero-order chi connectivity index (χ0) is 21.2. The first-order chi connectivity index (χ1) is 14.2. The third-order valence-corrected chi connectivity index (χ3v) is 5.87. The van der Waals surface area contributed by atoms with Gasteiger partial charge in [-0.25, -0.2) is 0 Å². The summed E-state index contributed by atoms with van der Waals surface area (Å²) in [6.07, 6.45) is 18.2. The van der Waals surface area contributed by atoms with E-state index in [0.717, 1.165) is 12.8 Å². The van der Waals surface area contributed by atoms with Gasteiger partial charge in [0.1, 0.15) is 24.4 Å². The van der Waals surface area contributed by atoms with Crippen LogP contribution < -0.4 is 0 Å². The van der Waals surface area contributed by atoms with Gasteiger partial charge in [0.25, 0.3) is 0 Å². The standard InChI is InChI=1S/C24H46O5/c1-2-3-4-5-6-7-8-9-10-11-12-13-14-15-16-17-18-28-24-22(19-25)29-20-21(26)23(24)27/h2,21-27H,1,3-20H2/t21-,22+,23+,24+/m0/s1. The van der Waals surface area contributed by atoms with E-state index in [4.69, 9.17) is 9.47 Å². The van der Waals surface area contributed by atoms with Crippen molar-refractivity contribution in [2.24, 2.45) is 0 Å². The van der Waals surface area contributed by atoms with E-state index in [1.165, 1.54) is 83.5 Å². The van der Waals surface area contributed by atoms with Crippen LogP contribution in [0.3, 0.4) is 0 Å². The Morgan fingerprint density at radius 1 is 0.793 bits per heavy atom. The van der Waals surface area contributed by atoms with Gasteiger partial charge in [-0.05, 0) is 19.3 Å². The lowest BCUT2D eigenvalue weighted by Crippen LogP contribution is -2.55. The summed E-state index contributed by atoms with van der Waals surface area (Å²) in [5.41, 5.74) is 0. The van der Waals surface area contributed by atoms with E-state index in [-0.39, 0.29) is 13.2 Å². The van der Waals surface area contributed by atoms with Crippen LogP contribution in [-0.4, -0.2) is 59.6 Å². The fourth-order valence-electron chi connectivity index (χ4n) is 3.95. The number of aliphatic hydroxyl groups excluding tert-OH is 3. The van der Waals surface area contributed by atoms with E-state index in [1.807, 2.05) is 6.08 Å². The van der Waals surface area contributed by atoms with Crippen LogP contribution in [0.15, 0.2) is 12.7 Å². The maximum atomic E-state index is 10.0. The summed E-state index contributed by atoms with van der Waals surface area (Å²) >= 11 is 0. The van der Waals surface area contributed by atoms with Crippen LogP contribution in [0.4, 0.5) is 0 Å². The summed E-state index contributed by atoms with van der Waals surface area (Å²) < 4.78 is 11.0. The van der Waals surface area contributed by atoms with Crippen molar-refractivity contribution in [3.8, 4) is 0 Å². The lowest BCUT2D eigenvalue weighted by atomic mass is 10.0. The number of allylic oxidation sites excluding steroid dienone is 1. The summed E-state index contributed by atoms with van der Waals surface area (Å²) in [5, 5.41) is 29.0. The zero-order valence-corrected chi connectivity index (χ0v) is 18.5. The first-order valence-electron chi connectivity index (χ1n) is 12.0. The molecule has 5 heteroatoms. The SMILES string of the molecule is C=CCCCCCCCCCCCCCCCCO[C@H]1[C@H](O)[C@@H](O)CO[C@@H]1CO. The predicted octanol–water partition coefficient (Wildman–Crippen LogP) is 4.52. The monoisotopic (exact) mass is 414 g/mol. The molecule has 4 atom stereocenters. The molecule has 1 rings (SSSR count). The highest BCUT2D eigenvalue weighted by Gasteiger charge is 2.39. The van der Waals surface area contributed by atoms with Crippen LogP contribution in [0, 0.1) is 0 Å². The van der Waals surface area contributed by atoms with Crippen LogP contribution in [0.25, 0.3) is 0 Å². The number of rotatable bonds is 19. The van der Waals surface area contributed by atoms with E-state index in [9.17, 15) is 15.3 Å². The molecule has 172 valence electrons. The average molecular weight is 415 g/mol. The second-order valence-corrected chi connectivity index (χ2v) is 8.47. The van der Waals surface area contributed by atoms with Crippen LogP contribution >= 0.6 is 0 Å². The molecule has 29 heavy (non-hydrogen) atoms. The Hall–Kier alpha value is -0.460. The summed E-state index contributed by atoms with van der Waals surface area (Å²) in [7, 11) is 0. The van der Waals surface area contributed by atoms with Crippen molar-refractivity contribution in [2.75, 3.05) is 19.8 Å². The van der Waals surface area contributed by atoms with Gasteiger partial charge in [0.15, 0.2) is 0 Å². The van der Waals surface area contributed by atoms with Crippen LogP contribution in [0.2, 0.25) is 0 Å². The molecule has 0 saturated carbocycles. The molecule has 0 radical (unpaired) electrons. The highest BCUT2D eigenvalue weighted by molar-refractivity contribution is 4.87. The number of hydrogen-bond acceptors (Lipinski definition) is 5. The summed E-state index contributed by atoms with van der Waals surface area (Å²) in [4.78, 5) is 0. The van der Waals surface area contributed by atoms with Gasteiger partial charge in [-0.1, -0.05) is 83.1 Å². The molecule has 1 saturated heterocycles. The lowest BCUT2D eigenvalue weighted by molar-refractivity contribution is -0.211. The minimum atomic E-state index is -0.988. The number of aliphatic hydroxyl groups is 3. The molecular formula is C24H46O5. The molecule has 0 aliphatic carbocycles. The smallest absolute Gasteiger partial charge is 0.114 e. The second-order valence-electron chi connectivity index (χ2n) is 8.47. The second kappa shape index (κ2) is 18.3. The van der Waals surface area contributed by atoms with Crippen molar-refractivity contribution in [2.45, 2.75) is 121 Å². The van der Waals surface area contributed by atoms with Crippen molar-refractivity contribution >= 4 is 0 Å². The van der Waals surface area contributed by atoms with Gasteiger partial charge in [-0.2, -0.15) is 0 Å². The highest BCUT2D eigenvalue weighted by Crippen LogP contribution is 2.19. The van der Waals surface area contributed by atoms with Crippen LogP contribution in [0.1, 0.15) is 96.3 Å². The molecule has 1 heterocycles. The van der Waals surface area contributed by atoms with Gasteiger partial charge in [-0.15, -0.1) is 6.58 Å². The summed E-state index contributed by atoms with van der Waals surface area (Å²) in [6, 6.07) is 0. The predicted molar refractivity (Wildman–Crippen MR) is 118 cm³/mol. The van der Waals surface area contributed by atoms with Gasteiger partial charge in [-0.3, -0.25) is 0 Å².